The number of halogens is 2. The lowest BCUT2D eigenvalue weighted by Crippen LogP contribution is -2.34. The first-order valence-corrected chi connectivity index (χ1v) is 9.80. The molecule has 3 heterocycles. The smallest absolute Gasteiger partial charge is 0.404 e. The maximum atomic E-state index is 10.9. The fraction of sp³-hybridized carbons (Fsp3) is 0.263. The predicted molar refractivity (Wildman–Crippen MR) is 111 cm³/mol. The van der Waals surface area contributed by atoms with E-state index in [-0.39, 0.29) is 23.8 Å². The van der Waals surface area contributed by atoms with Crippen LogP contribution in [0.3, 0.4) is 0 Å². The summed E-state index contributed by atoms with van der Waals surface area (Å²) >= 11 is 13.0. The third-order valence-electron chi connectivity index (χ3n) is 5.58. The van der Waals surface area contributed by atoms with E-state index in [1.54, 1.807) is 24.4 Å². The minimum atomic E-state index is -0.990. The molecule has 2 atom stereocenters. The molecule has 1 aliphatic carbocycles. The summed E-state index contributed by atoms with van der Waals surface area (Å²) in [4.78, 5) is 26.1. The van der Waals surface area contributed by atoms with Crippen molar-refractivity contribution in [2.24, 2.45) is 11.8 Å². The minimum absolute atomic E-state index is 0.00507. The summed E-state index contributed by atoms with van der Waals surface area (Å²) in [6.45, 7) is 1.37. The topological polar surface area (TPSA) is 117 Å². The van der Waals surface area contributed by atoms with Gasteiger partial charge in [0.1, 0.15) is 5.82 Å². The number of hydrogen-bond acceptors (Lipinski definition) is 6. The number of hydrogen-bond donors (Lipinski definition) is 3. The number of pyridine rings is 1. The molecule has 2 aliphatic rings. The monoisotopic (exact) mass is 430 g/mol. The number of nitrogens with two attached hydrogens (primary N) is 1. The molecule has 148 valence electrons. The van der Waals surface area contributed by atoms with Crippen molar-refractivity contribution in [1.82, 2.24) is 20.3 Å². The zero-order chi connectivity index (χ0) is 20.3. The number of fused-ring (bicyclic) bond motifs is 2. The van der Waals surface area contributed by atoms with Crippen molar-refractivity contribution in [3.63, 3.8) is 0 Å². The Morgan fingerprint density at radius 3 is 2.55 bits per heavy atom. The molecule has 3 aromatic rings. The second-order valence-corrected chi connectivity index (χ2v) is 8.12. The zero-order valence-electron chi connectivity index (χ0n) is 15.0. The molecule has 29 heavy (non-hydrogen) atoms. The molecular weight excluding hydrogens is 415 g/mol. The number of nitrogen functional groups attached to an aromatic ring is 1. The van der Waals surface area contributed by atoms with Crippen molar-refractivity contribution < 1.29 is 9.90 Å². The van der Waals surface area contributed by atoms with E-state index in [4.69, 9.17) is 39.0 Å². The highest BCUT2D eigenvalue weighted by atomic mass is 35.5. The van der Waals surface area contributed by atoms with E-state index in [9.17, 15) is 4.79 Å². The normalized spacial score (nSPS) is 22.6. The van der Waals surface area contributed by atoms with Crippen LogP contribution >= 0.6 is 23.2 Å². The average Bonchev–Trinajstić information content (AvgIpc) is 3.10. The Labute approximate surface area is 175 Å². The molecular formula is C19H16Cl2N6O2. The van der Waals surface area contributed by atoms with E-state index < -0.39 is 6.09 Å². The summed E-state index contributed by atoms with van der Waals surface area (Å²) in [7, 11) is 0. The van der Waals surface area contributed by atoms with E-state index in [0.29, 0.717) is 40.2 Å². The lowest BCUT2D eigenvalue weighted by atomic mass is 10.0. The van der Waals surface area contributed by atoms with Gasteiger partial charge in [0.15, 0.2) is 5.65 Å². The largest absolute Gasteiger partial charge is 0.465 e. The van der Waals surface area contributed by atoms with Gasteiger partial charge in [0.2, 0.25) is 5.95 Å². The Morgan fingerprint density at radius 1 is 1.21 bits per heavy atom. The Morgan fingerprint density at radius 2 is 1.90 bits per heavy atom. The maximum Gasteiger partial charge on any atom is 0.404 e. The Bertz CT molecular complexity index is 1120. The summed E-state index contributed by atoms with van der Waals surface area (Å²) in [5.41, 5.74) is 7.70. The van der Waals surface area contributed by atoms with Gasteiger partial charge < -0.3 is 21.1 Å². The number of nitrogens with zero attached hydrogens (tertiary/aromatic N) is 4. The second-order valence-electron chi connectivity index (χ2n) is 7.31. The molecule has 1 saturated carbocycles. The van der Waals surface area contributed by atoms with Crippen LogP contribution in [0.15, 0.2) is 30.5 Å². The molecule has 1 aromatic carbocycles. The maximum absolute atomic E-state index is 10.9. The highest BCUT2D eigenvalue weighted by molar-refractivity contribution is 6.39. The number of piperidine rings is 1. The Kier molecular flexibility index (Phi) is 4.15. The molecule has 0 radical (unpaired) electrons. The van der Waals surface area contributed by atoms with Crippen LogP contribution in [-0.4, -0.2) is 45.3 Å². The van der Waals surface area contributed by atoms with Crippen molar-refractivity contribution in [3.8, 4) is 11.1 Å². The van der Waals surface area contributed by atoms with Gasteiger partial charge in [-0.15, -0.1) is 0 Å². The minimum Gasteiger partial charge on any atom is -0.465 e. The molecule has 8 nitrogen and oxygen atoms in total. The van der Waals surface area contributed by atoms with Crippen LogP contribution in [0.5, 0.6) is 0 Å². The molecule has 1 aliphatic heterocycles. The van der Waals surface area contributed by atoms with Gasteiger partial charge in [-0.2, -0.15) is 4.98 Å². The zero-order valence-corrected chi connectivity index (χ0v) is 16.5. The van der Waals surface area contributed by atoms with Crippen molar-refractivity contribution in [2.45, 2.75) is 6.04 Å². The molecule has 0 bridgehead atoms. The predicted octanol–water partition coefficient (Wildman–Crippen LogP) is 3.28. The van der Waals surface area contributed by atoms with Crippen molar-refractivity contribution in [1.29, 1.82) is 0 Å². The van der Waals surface area contributed by atoms with Crippen LogP contribution in [0, 0.1) is 11.8 Å². The van der Waals surface area contributed by atoms with Crippen LogP contribution in [0.25, 0.3) is 22.2 Å². The standard InChI is InChI=1S/C19H16Cl2N6O2/c20-12-2-1-3-13(21)14(12)9-4-8-5-23-18(22)26-16(8)25-17(9)27-6-10-11(7-27)15(10)24-19(28)29/h1-5,10-11,15,24H,6-7H2,(H,28,29)(H2,22,23,25,26). The van der Waals surface area contributed by atoms with Crippen molar-refractivity contribution in [3.05, 3.63) is 40.5 Å². The number of anilines is 2. The summed E-state index contributed by atoms with van der Waals surface area (Å²) in [6, 6.07) is 7.27. The summed E-state index contributed by atoms with van der Waals surface area (Å²) in [5, 5.41) is 13.3. The van der Waals surface area contributed by atoms with Crippen LogP contribution in [0.2, 0.25) is 10.0 Å². The Balaban J connectivity index is 1.60. The van der Waals surface area contributed by atoms with Crippen molar-refractivity contribution >= 4 is 52.1 Å². The third-order valence-corrected chi connectivity index (χ3v) is 6.21. The molecule has 2 aromatic heterocycles. The summed E-state index contributed by atoms with van der Waals surface area (Å²) in [6.07, 6.45) is 0.632. The highest BCUT2D eigenvalue weighted by Crippen LogP contribution is 2.49. The second kappa shape index (κ2) is 6.60. The number of rotatable bonds is 3. The van der Waals surface area contributed by atoms with Gasteiger partial charge in [-0.05, 0) is 18.2 Å². The van der Waals surface area contributed by atoms with E-state index in [1.807, 2.05) is 6.07 Å². The van der Waals surface area contributed by atoms with Gasteiger partial charge in [0, 0.05) is 53.7 Å². The summed E-state index contributed by atoms with van der Waals surface area (Å²) in [5.74, 6) is 1.36. The fourth-order valence-electron chi connectivity index (χ4n) is 4.20. The summed E-state index contributed by atoms with van der Waals surface area (Å²) < 4.78 is 0. The van der Waals surface area contributed by atoms with Gasteiger partial charge in [0.25, 0.3) is 0 Å². The van der Waals surface area contributed by atoms with Gasteiger partial charge in [0.05, 0.1) is 10.0 Å². The molecule has 0 spiro atoms. The number of benzene rings is 1. The van der Waals surface area contributed by atoms with E-state index in [1.165, 1.54) is 0 Å². The van der Waals surface area contributed by atoms with Gasteiger partial charge in [-0.25, -0.2) is 14.8 Å². The quantitative estimate of drug-likeness (QED) is 0.583. The number of nitrogens with one attached hydrogen (secondary N) is 1. The SMILES string of the molecule is Nc1ncc2cc(-c3c(Cl)cccc3Cl)c(N3CC4C(C3)C4NC(=O)O)nc2n1. The number of aromatic nitrogens is 3. The number of carbonyl (C=O) groups is 1. The molecule has 5 rings (SSSR count). The van der Waals surface area contributed by atoms with E-state index >= 15 is 0 Å². The fourth-order valence-corrected chi connectivity index (χ4v) is 4.80. The molecule has 10 heteroatoms. The first-order chi connectivity index (χ1) is 13.9. The Hall–Kier alpha value is -2.84. The van der Waals surface area contributed by atoms with Crippen LogP contribution in [0.1, 0.15) is 0 Å². The van der Waals surface area contributed by atoms with E-state index in [2.05, 4.69) is 20.2 Å². The average molecular weight is 431 g/mol. The van der Waals surface area contributed by atoms with Crippen LogP contribution < -0.4 is 16.0 Å². The van der Waals surface area contributed by atoms with Gasteiger partial charge >= 0.3 is 6.09 Å². The molecule has 2 fully saturated rings. The number of amides is 1. The molecule has 4 N–H and O–H groups in total. The van der Waals surface area contributed by atoms with Gasteiger partial charge in [-0.3, -0.25) is 0 Å². The lowest BCUT2D eigenvalue weighted by Gasteiger charge is -2.24. The number of carboxylic acid groups (broad SMARTS) is 1. The molecule has 1 saturated heterocycles. The highest BCUT2D eigenvalue weighted by Gasteiger charge is 2.57. The third kappa shape index (κ3) is 3.08. The molecule has 1 amide bonds. The van der Waals surface area contributed by atoms with Crippen molar-refractivity contribution in [2.75, 3.05) is 23.7 Å². The lowest BCUT2D eigenvalue weighted by molar-refractivity contribution is 0.192. The van der Waals surface area contributed by atoms with E-state index in [0.717, 1.165) is 10.9 Å². The first kappa shape index (κ1) is 18.2. The van der Waals surface area contributed by atoms with Crippen LogP contribution in [-0.2, 0) is 0 Å². The van der Waals surface area contributed by atoms with Gasteiger partial charge in [-0.1, -0.05) is 29.3 Å². The first-order valence-electron chi connectivity index (χ1n) is 9.04. The van der Waals surface area contributed by atoms with Crippen LogP contribution in [0.4, 0.5) is 16.6 Å². The molecule has 2 unspecified atom stereocenters.